The summed E-state index contributed by atoms with van der Waals surface area (Å²) < 4.78 is 73.7. The van der Waals surface area contributed by atoms with Crippen LogP contribution in [-0.4, -0.2) is 151 Å². The van der Waals surface area contributed by atoms with E-state index in [-0.39, 0.29) is 31.0 Å². The number of unbranched alkanes of at least 4 members (excludes halogenated alkanes) is 22. The van der Waals surface area contributed by atoms with E-state index in [1.165, 1.54) is 117 Å². The van der Waals surface area contributed by atoms with Gasteiger partial charge in [-0.25, -0.2) is 9.13 Å². The smallest absolute Gasteiger partial charge is 0.388 e. The molecule has 23 heteroatoms. The molecule has 2 amide bonds. The Morgan fingerprint density at radius 1 is 0.556 bits per heavy atom. The number of ether oxygens (including phenoxy) is 7. The Kier molecular flexibility index (Phi) is 45.2. The van der Waals surface area contributed by atoms with Gasteiger partial charge in [-0.15, -0.1) is 0 Å². The molecule has 7 N–H and O–H groups in total. The van der Waals surface area contributed by atoms with Crippen molar-refractivity contribution >= 4 is 33.2 Å². The van der Waals surface area contributed by atoms with Crippen molar-refractivity contribution in [1.82, 2.24) is 10.6 Å². The highest BCUT2D eigenvalue weighted by Crippen LogP contribution is 2.43. The van der Waals surface area contributed by atoms with Crippen molar-refractivity contribution in [1.29, 1.82) is 0 Å². The van der Waals surface area contributed by atoms with Crippen molar-refractivity contribution in [3.63, 3.8) is 0 Å². The minimum atomic E-state index is -4.96. The van der Waals surface area contributed by atoms with Crippen molar-refractivity contribution in [2.75, 3.05) is 41.2 Å². The number of amides is 2. The maximum Gasteiger partial charge on any atom is 0.472 e. The third-order valence-electron chi connectivity index (χ3n) is 14.5. The number of phosphoric acid groups is 2. The molecule has 0 spiro atoms. The van der Waals surface area contributed by atoms with Crippen molar-refractivity contribution in [2.45, 2.75) is 301 Å². The van der Waals surface area contributed by atoms with Crippen LogP contribution in [-0.2, 0) is 65.7 Å². The van der Waals surface area contributed by atoms with Crippen molar-refractivity contribution in [2.24, 2.45) is 0 Å². The summed E-state index contributed by atoms with van der Waals surface area (Å²) in [5, 5.41) is 16.2. The fourth-order valence-electron chi connectivity index (χ4n) is 10.1. The third-order valence-corrected chi connectivity index (χ3v) is 15.5. The molecule has 11 atom stereocenters. The Labute approximate surface area is 487 Å². The van der Waals surface area contributed by atoms with Crippen LogP contribution in [0.4, 0.5) is 0 Å². The number of ketones is 1. The average Bonchev–Trinajstić information content (AvgIpc) is 3.56. The van der Waals surface area contributed by atoms with Crippen molar-refractivity contribution in [3.05, 3.63) is 12.2 Å². The number of nitrogens with one attached hydrogen (secondary N) is 2. The van der Waals surface area contributed by atoms with Gasteiger partial charge in [-0.1, -0.05) is 168 Å². The summed E-state index contributed by atoms with van der Waals surface area (Å²) >= 11 is 0. The second-order valence-corrected chi connectivity index (χ2v) is 24.1. The number of aliphatic hydroxyl groups excluding tert-OH is 1. The van der Waals surface area contributed by atoms with Gasteiger partial charge in [-0.3, -0.25) is 23.4 Å². The highest BCUT2D eigenvalue weighted by molar-refractivity contribution is 7.46. The highest BCUT2D eigenvalue weighted by atomic mass is 31.2. The van der Waals surface area contributed by atoms with E-state index >= 15 is 0 Å². The first kappa shape index (κ1) is 77.3. The summed E-state index contributed by atoms with van der Waals surface area (Å²) in [6.45, 7) is 10.1. The van der Waals surface area contributed by atoms with Gasteiger partial charge in [0, 0.05) is 41.0 Å². The van der Waals surface area contributed by atoms with Crippen LogP contribution in [0.15, 0.2) is 12.2 Å². The van der Waals surface area contributed by atoms with Crippen LogP contribution >= 0.6 is 15.6 Å². The molecule has 0 saturated carbocycles. The van der Waals surface area contributed by atoms with Crippen LogP contribution in [0.2, 0.25) is 0 Å². The number of Topliss-reactive ketones (excluding diaryl/α,β-unsaturated/α-hetero) is 1. The molecule has 81 heavy (non-hydrogen) atoms. The molecule has 2 aliphatic heterocycles. The first-order valence-electron chi connectivity index (χ1n) is 30.8. The number of carbonyl (C=O) groups is 3. The van der Waals surface area contributed by atoms with E-state index in [9.17, 15) is 48.2 Å². The summed E-state index contributed by atoms with van der Waals surface area (Å²) in [4.78, 5) is 74.7. The predicted octanol–water partition coefficient (Wildman–Crippen LogP) is 10.7. The second-order valence-electron chi connectivity index (χ2n) is 21.7. The van der Waals surface area contributed by atoms with Gasteiger partial charge in [0.1, 0.15) is 48.4 Å². The largest absolute Gasteiger partial charge is 0.472 e. The van der Waals surface area contributed by atoms with Crippen LogP contribution < -0.4 is 10.6 Å². The Hall–Kier alpha value is -1.75. The zero-order valence-electron chi connectivity index (χ0n) is 50.9. The molecular weight excluding hydrogens is 1090 g/mol. The first-order chi connectivity index (χ1) is 38.8. The van der Waals surface area contributed by atoms with E-state index in [4.69, 9.17) is 42.2 Å². The topological polar surface area (TPSA) is 294 Å². The number of hydrogen-bond acceptors (Lipinski definition) is 15. The van der Waals surface area contributed by atoms with E-state index in [1.54, 1.807) is 14.0 Å². The molecule has 2 heterocycles. The van der Waals surface area contributed by atoms with E-state index in [1.807, 2.05) is 0 Å². The summed E-state index contributed by atoms with van der Waals surface area (Å²) in [5.41, 5.74) is 0. The van der Waals surface area contributed by atoms with Crippen molar-refractivity contribution < 1.29 is 90.4 Å². The molecule has 0 bridgehead atoms. The first-order valence-corrected chi connectivity index (χ1v) is 33.8. The molecule has 1 unspecified atom stereocenters. The number of phosphoric ester groups is 2. The minimum Gasteiger partial charge on any atom is -0.388 e. The minimum absolute atomic E-state index is 0.0145. The van der Waals surface area contributed by atoms with Crippen LogP contribution in [0.1, 0.15) is 234 Å². The fourth-order valence-corrected chi connectivity index (χ4v) is 11.1. The van der Waals surface area contributed by atoms with Gasteiger partial charge in [0.25, 0.3) is 0 Å². The van der Waals surface area contributed by atoms with Gasteiger partial charge < -0.3 is 68.5 Å². The van der Waals surface area contributed by atoms with E-state index in [0.717, 1.165) is 77.0 Å². The van der Waals surface area contributed by atoms with Crippen LogP contribution in [0, 0.1) is 0 Å². The summed E-state index contributed by atoms with van der Waals surface area (Å²) in [6.07, 6.45) is 27.7. The summed E-state index contributed by atoms with van der Waals surface area (Å²) in [7, 11) is -5.31. The van der Waals surface area contributed by atoms with Crippen LogP contribution in [0.3, 0.4) is 0 Å². The monoisotopic (exact) mass is 1200 g/mol. The van der Waals surface area contributed by atoms with E-state index in [0.29, 0.717) is 25.9 Å². The Morgan fingerprint density at radius 2 is 1.04 bits per heavy atom. The lowest BCUT2D eigenvalue weighted by atomic mass is 9.94. The standard InChI is InChI=1S/C37H72NO10P.C21H40NO9P/c1-6-8-10-12-13-14-15-16-17-18-19-20-21-23-25-27-33(39)38-34-36(46-29-28-31(44-4)26-24-22-11-9-7-2)35(48-49(40,41)42)32(30-43-3)47-37(34)45-5;1-4-6-7-8-9-10-11-12-13-29-20-18(22-17(24)14-15(3)23)21(31-32(26,27)28)30-16(5-2)19(20)25/h14-15,31-32,34-37H,6-13,16-30H2,1-5H3,(H,38,39)(H2,40,41,42);16,18-21,25H,4-14H2,1-3H3,(H,22,24)(H2,26,27,28)/b15-14-;/t31-,32?,34-,35-,36-,37-;16-,18-,19-,20-,21-/m11/s1. The summed E-state index contributed by atoms with van der Waals surface area (Å²) in [5.74, 6) is -1.25. The fraction of sp³-hybridized carbons (Fsp3) is 0.914. The molecular formula is C58H112N2O19P2. The number of rotatable bonds is 48. The predicted molar refractivity (Wildman–Crippen MR) is 312 cm³/mol. The van der Waals surface area contributed by atoms with Gasteiger partial charge in [0.15, 0.2) is 12.6 Å². The molecule has 21 nitrogen and oxygen atoms in total. The Morgan fingerprint density at radius 3 is 1.56 bits per heavy atom. The lowest BCUT2D eigenvalue weighted by Gasteiger charge is -2.45. The maximum absolute atomic E-state index is 13.1. The number of carbonyl (C=O) groups excluding carboxylic acids is 3. The lowest BCUT2D eigenvalue weighted by molar-refractivity contribution is -0.268. The lowest BCUT2D eigenvalue weighted by Crippen LogP contribution is -2.66. The van der Waals surface area contributed by atoms with Crippen LogP contribution in [0.25, 0.3) is 0 Å². The molecule has 2 fully saturated rings. The van der Waals surface area contributed by atoms with Gasteiger partial charge in [-0.05, 0) is 64.7 Å². The van der Waals surface area contributed by atoms with Gasteiger partial charge in [-0.2, -0.15) is 0 Å². The molecule has 2 rings (SSSR count). The third kappa shape index (κ3) is 37.4. The zero-order valence-corrected chi connectivity index (χ0v) is 52.7. The number of hydrogen-bond donors (Lipinski definition) is 7. The van der Waals surface area contributed by atoms with Gasteiger partial charge >= 0.3 is 15.6 Å². The quantitative estimate of drug-likeness (QED) is 0.0129. The maximum atomic E-state index is 13.1. The number of methoxy groups -OCH3 is 3. The second kappa shape index (κ2) is 47.4. The van der Waals surface area contributed by atoms with E-state index in [2.05, 4.69) is 43.6 Å². The molecule has 2 aliphatic rings. The Balaban J connectivity index is 0.000000885. The van der Waals surface area contributed by atoms with Gasteiger partial charge in [0.2, 0.25) is 11.8 Å². The van der Waals surface area contributed by atoms with E-state index < -0.39 is 89.3 Å². The number of aliphatic hydroxyl groups is 1. The molecule has 0 aromatic heterocycles. The Bertz CT molecular complexity index is 1720. The normalized spacial score (nSPS) is 23.7. The van der Waals surface area contributed by atoms with Crippen molar-refractivity contribution in [3.8, 4) is 0 Å². The average molecular weight is 1200 g/mol. The summed E-state index contributed by atoms with van der Waals surface area (Å²) in [6, 6.07) is -2.05. The molecule has 2 saturated heterocycles. The molecule has 0 aromatic carbocycles. The SMILES string of the molecule is CCCCCC/C=C\CCCCCCCCCC(=O)N[C@H]1[C@H](OC)OC(COC)[C@@H](OP(=O)(O)O)[C@@H]1OCC[C@@H](CCCCCCC)OC.CCCCCCCCCCO[C@H]1[C@H](O)[C@@H](CC)O[C@H](OP(=O)(O)O)[C@@H]1NC(=O)CC(C)=O. The highest BCUT2D eigenvalue weighted by Gasteiger charge is 2.51. The van der Waals surface area contributed by atoms with Gasteiger partial charge in [0.05, 0.1) is 25.2 Å². The van der Waals surface area contributed by atoms with Crippen LogP contribution in [0.5, 0.6) is 0 Å². The molecule has 0 radical (unpaired) electrons. The molecule has 0 aromatic rings. The molecule has 478 valence electrons. The zero-order chi connectivity index (χ0) is 60.3. The number of allylic oxidation sites excluding steroid dienone is 2. The molecule has 0 aliphatic carbocycles.